The van der Waals surface area contributed by atoms with Gasteiger partial charge >= 0.3 is 0 Å². The van der Waals surface area contributed by atoms with E-state index in [9.17, 15) is 0 Å². The fourth-order valence-electron chi connectivity index (χ4n) is 3.64. The lowest BCUT2D eigenvalue weighted by Gasteiger charge is -2.40. The molecule has 3 heteroatoms. The Kier molecular flexibility index (Phi) is 7.21. The molecule has 1 unspecified atom stereocenters. The monoisotopic (exact) mass is 309 g/mol. The van der Waals surface area contributed by atoms with E-state index in [0.717, 1.165) is 13.0 Å². The average molecular weight is 310 g/mol. The minimum atomic E-state index is 0.0572. The van der Waals surface area contributed by atoms with Crippen LogP contribution in [0, 0.1) is 0 Å². The molecular formula is C18H31NOS. The molecule has 0 amide bonds. The largest absolute Gasteiger partial charge is 0.377 e. The second-order valence-corrected chi connectivity index (χ2v) is 7.14. The van der Waals surface area contributed by atoms with Crippen molar-refractivity contribution in [1.82, 2.24) is 5.32 Å². The molecule has 21 heavy (non-hydrogen) atoms. The van der Waals surface area contributed by atoms with Crippen molar-refractivity contribution in [2.75, 3.05) is 13.7 Å². The first kappa shape index (κ1) is 17.0. The second kappa shape index (κ2) is 8.92. The molecule has 0 aromatic carbocycles. The molecule has 0 aliphatic heterocycles. The number of hydrogen-bond acceptors (Lipinski definition) is 3. The van der Waals surface area contributed by atoms with Crippen LogP contribution in [-0.2, 0) is 11.2 Å². The molecule has 0 saturated heterocycles. The predicted octanol–water partition coefficient (Wildman–Crippen LogP) is 4.79. The molecular weight excluding hydrogens is 278 g/mol. The molecule has 1 aromatic rings. The lowest BCUT2D eigenvalue weighted by Crippen LogP contribution is -2.52. The molecule has 0 spiro atoms. The third-order valence-electron chi connectivity index (χ3n) is 4.93. The quantitative estimate of drug-likeness (QED) is 0.697. The van der Waals surface area contributed by atoms with Crippen LogP contribution < -0.4 is 5.32 Å². The summed E-state index contributed by atoms with van der Waals surface area (Å²) in [6.07, 6.45) is 11.3. The zero-order chi connectivity index (χ0) is 15.0. The molecule has 1 aromatic heterocycles. The summed E-state index contributed by atoms with van der Waals surface area (Å²) in [6, 6.07) is 2.74. The van der Waals surface area contributed by atoms with E-state index in [1.54, 1.807) is 11.3 Å². The molecule has 1 aliphatic rings. The summed E-state index contributed by atoms with van der Waals surface area (Å²) in [5.41, 5.74) is 1.53. The highest BCUT2D eigenvalue weighted by Gasteiger charge is 2.38. The molecule has 1 aliphatic carbocycles. The van der Waals surface area contributed by atoms with Crippen LogP contribution in [0.25, 0.3) is 0 Å². The van der Waals surface area contributed by atoms with Crippen molar-refractivity contribution in [3.05, 3.63) is 22.4 Å². The third-order valence-corrected chi connectivity index (χ3v) is 5.67. The molecule has 1 saturated carbocycles. The fourth-order valence-corrected chi connectivity index (χ4v) is 4.34. The van der Waals surface area contributed by atoms with Gasteiger partial charge in [-0.15, -0.1) is 0 Å². The number of aryl methyl sites for hydroxylation is 1. The van der Waals surface area contributed by atoms with Crippen molar-refractivity contribution in [1.29, 1.82) is 0 Å². The summed E-state index contributed by atoms with van der Waals surface area (Å²) >= 11 is 1.80. The van der Waals surface area contributed by atoms with Gasteiger partial charge < -0.3 is 10.1 Å². The number of nitrogens with one attached hydrogen (secondary N) is 1. The Balaban J connectivity index is 2.03. The van der Waals surface area contributed by atoms with E-state index in [0.29, 0.717) is 6.04 Å². The van der Waals surface area contributed by atoms with Gasteiger partial charge in [0.2, 0.25) is 0 Å². The summed E-state index contributed by atoms with van der Waals surface area (Å²) in [7, 11) is 1.93. The van der Waals surface area contributed by atoms with Gasteiger partial charge in [0, 0.05) is 13.2 Å². The number of methoxy groups -OCH3 is 1. The van der Waals surface area contributed by atoms with Crippen LogP contribution in [-0.4, -0.2) is 25.3 Å². The summed E-state index contributed by atoms with van der Waals surface area (Å²) in [6.45, 7) is 3.34. The second-order valence-electron chi connectivity index (χ2n) is 6.36. The van der Waals surface area contributed by atoms with Crippen LogP contribution in [0.3, 0.4) is 0 Å². The van der Waals surface area contributed by atoms with E-state index >= 15 is 0 Å². The van der Waals surface area contributed by atoms with Crippen molar-refractivity contribution >= 4 is 11.3 Å². The van der Waals surface area contributed by atoms with Gasteiger partial charge in [0.25, 0.3) is 0 Å². The van der Waals surface area contributed by atoms with Gasteiger partial charge in [0.15, 0.2) is 0 Å². The predicted molar refractivity (Wildman–Crippen MR) is 92.2 cm³/mol. The Hall–Kier alpha value is -0.380. The zero-order valence-electron chi connectivity index (χ0n) is 13.7. The molecule has 1 N–H and O–H groups in total. The number of ether oxygens (including phenoxy) is 1. The van der Waals surface area contributed by atoms with Crippen LogP contribution in [0.15, 0.2) is 16.8 Å². The highest BCUT2D eigenvalue weighted by Crippen LogP contribution is 2.34. The van der Waals surface area contributed by atoms with E-state index in [-0.39, 0.29) is 5.60 Å². The maximum atomic E-state index is 6.13. The van der Waals surface area contributed by atoms with Gasteiger partial charge in [-0.05, 0) is 61.0 Å². The minimum Gasteiger partial charge on any atom is -0.377 e. The minimum absolute atomic E-state index is 0.0572. The molecule has 1 atom stereocenters. The normalized spacial score (nSPS) is 20.1. The first-order valence-electron chi connectivity index (χ1n) is 8.60. The van der Waals surface area contributed by atoms with E-state index in [2.05, 4.69) is 29.1 Å². The average Bonchev–Trinajstić information content (AvgIpc) is 2.91. The molecule has 2 nitrogen and oxygen atoms in total. The third kappa shape index (κ3) is 4.80. The highest BCUT2D eigenvalue weighted by molar-refractivity contribution is 7.07. The first-order chi connectivity index (χ1) is 10.3. The smallest absolute Gasteiger partial charge is 0.0831 e. The molecule has 0 radical (unpaired) electrons. The van der Waals surface area contributed by atoms with Crippen LogP contribution >= 0.6 is 11.3 Å². The lowest BCUT2D eigenvalue weighted by atomic mass is 9.83. The summed E-state index contributed by atoms with van der Waals surface area (Å²) in [4.78, 5) is 0. The van der Waals surface area contributed by atoms with Crippen LogP contribution in [0.2, 0.25) is 0 Å². The van der Waals surface area contributed by atoms with Crippen LogP contribution in [0.5, 0.6) is 0 Å². The first-order valence-corrected chi connectivity index (χ1v) is 9.54. The van der Waals surface area contributed by atoms with Gasteiger partial charge in [-0.1, -0.05) is 32.6 Å². The number of hydrogen-bond donors (Lipinski definition) is 1. The maximum absolute atomic E-state index is 6.13. The van der Waals surface area contributed by atoms with Crippen LogP contribution in [0.1, 0.15) is 63.9 Å². The maximum Gasteiger partial charge on any atom is 0.0831 e. The van der Waals surface area contributed by atoms with Gasteiger partial charge in [0.1, 0.15) is 0 Å². The van der Waals surface area contributed by atoms with E-state index in [1.165, 1.54) is 56.9 Å². The van der Waals surface area contributed by atoms with E-state index in [4.69, 9.17) is 4.74 Å². The highest BCUT2D eigenvalue weighted by atomic mass is 32.1. The van der Waals surface area contributed by atoms with E-state index in [1.807, 2.05) is 7.11 Å². The molecule has 2 rings (SSSR count). The number of thiophene rings is 1. The SMILES string of the molecule is CCCNC(CCc1ccsc1)C1(OC)CCCCCC1. The Morgan fingerprint density at radius 3 is 2.62 bits per heavy atom. The van der Waals surface area contributed by atoms with Crippen molar-refractivity contribution in [3.63, 3.8) is 0 Å². The Bertz CT molecular complexity index is 369. The summed E-state index contributed by atoms with van der Waals surface area (Å²) < 4.78 is 6.13. The lowest BCUT2D eigenvalue weighted by molar-refractivity contribution is -0.0546. The molecule has 1 fully saturated rings. The molecule has 120 valence electrons. The van der Waals surface area contributed by atoms with Crippen molar-refractivity contribution in [2.45, 2.75) is 76.4 Å². The zero-order valence-corrected chi connectivity index (χ0v) is 14.5. The Morgan fingerprint density at radius 2 is 2.05 bits per heavy atom. The Labute approximate surface area is 134 Å². The molecule has 1 heterocycles. The topological polar surface area (TPSA) is 21.3 Å². The summed E-state index contributed by atoms with van der Waals surface area (Å²) in [5.74, 6) is 0. The van der Waals surface area contributed by atoms with Gasteiger partial charge in [-0.25, -0.2) is 0 Å². The Morgan fingerprint density at radius 1 is 1.29 bits per heavy atom. The standard InChI is InChI=1S/C18H31NOS/c1-3-13-19-17(9-8-16-10-14-21-15-16)18(20-2)11-6-4-5-7-12-18/h10,14-15,17,19H,3-9,11-13H2,1-2H3. The van der Waals surface area contributed by atoms with Gasteiger partial charge in [-0.2, -0.15) is 11.3 Å². The van der Waals surface area contributed by atoms with Gasteiger partial charge in [-0.3, -0.25) is 0 Å². The number of rotatable bonds is 8. The summed E-state index contributed by atoms with van der Waals surface area (Å²) in [5, 5.41) is 8.26. The van der Waals surface area contributed by atoms with Gasteiger partial charge in [0.05, 0.1) is 5.60 Å². The van der Waals surface area contributed by atoms with E-state index < -0.39 is 0 Å². The van der Waals surface area contributed by atoms with Crippen LogP contribution in [0.4, 0.5) is 0 Å². The molecule has 0 bridgehead atoms. The van der Waals surface area contributed by atoms with Crippen molar-refractivity contribution < 1.29 is 4.74 Å². The fraction of sp³-hybridized carbons (Fsp3) is 0.778. The van der Waals surface area contributed by atoms with Crippen molar-refractivity contribution in [2.24, 2.45) is 0 Å². The van der Waals surface area contributed by atoms with Crippen molar-refractivity contribution in [3.8, 4) is 0 Å².